The molecule has 1 spiro atoms. The number of aliphatic hydroxyl groups excluding tert-OH is 1. The van der Waals surface area contributed by atoms with Gasteiger partial charge in [-0.05, 0) is 56.0 Å². The van der Waals surface area contributed by atoms with Gasteiger partial charge in [-0.1, -0.05) is 91.0 Å². The maximum absolute atomic E-state index is 15.1. The van der Waals surface area contributed by atoms with Gasteiger partial charge in [-0.15, -0.1) is 0 Å². The molecule has 3 aromatic rings. The van der Waals surface area contributed by atoms with E-state index in [1.54, 1.807) is 14.7 Å². The lowest BCUT2D eigenvalue weighted by Gasteiger charge is -2.40. The van der Waals surface area contributed by atoms with E-state index in [-0.39, 0.29) is 30.9 Å². The molecule has 0 aromatic heterocycles. The summed E-state index contributed by atoms with van der Waals surface area (Å²) in [6, 6.07) is 23.1. The van der Waals surface area contributed by atoms with Crippen molar-refractivity contribution < 1.29 is 24.2 Å². The van der Waals surface area contributed by atoms with Gasteiger partial charge in [0.15, 0.2) is 0 Å². The average molecular weight is 618 g/mol. The van der Waals surface area contributed by atoms with Crippen molar-refractivity contribution in [2.75, 3.05) is 29.5 Å². The molecule has 1 N–H and O–H groups in total. The molecule has 3 aromatic carbocycles. The molecule has 0 radical (unpaired) electrons. The quantitative estimate of drug-likeness (QED) is 0.415. The van der Waals surface area contributed by atoms with Crippen LogP contribution in [-0.4, -0.2) is 70.7 Å². The number of hydrogen-bond donors (Lipinski definition) is 1. The number of fused-ring (bicyclic) bond motifs is 2. The van der Waals surface area contributed by atoms with Crippen molar-refractivity contribution in [3.05, 3.63) is 120 Å². The van der Waals surface area contributed by atoms with E-state index >= 15 is 9.59 Å². The highest BCUT2D eigenvalue weighted by atomic mass is 16.5. The van der Waals surface area contributed by atoms with Gasteiger partial charge in [-0.3, -0.25) is 14.4 Å². The number of amides is 3. The summed E-state index contributed by atoms with van der Waals surface area (Å²) in [5.74, 6) is -2.75. The van der Waals surface area contributed by atoms with Crippen molar-refractivity contribution in [3.8, 4) is 0 Å². The summed E-state index contributed by atoms with van der Waals surface area (Å²) < 4.78 is 7.03. The molecule has 0 saturated carbocycles. The number of rotatable bonds is 6. The molecule has 6 atom stereocenters. The first-order chi connectivity index (χ1) is 22.2. The van der Waals surface area contributed by atoms with Gasteiger partial charge in [0, 0.05) is 24.5 Å². The van der Waals surface area contributed by atoms with Crippen molar-refractivity contribution in [3.63, 3.8) is 0 Å². The molecule has 3 amide bonds. The van der Waals surface area contributed by atoms with Crippen LogP contribution in [0.25, 0.3) is 0 Å². The van der Waals surface area contributed by atoms with Gasteiger partial charge in [-0.25, -0.2) is 0 Å². The smallest absolute Gasteiger partial charge is 0.253 e. The van der Waals surface area contributed by atoms with Crippen LogP contribution in [0.3, 0.4) is 0 Å². The van der Waals surface area contributed by atoms with E-state index in [1.165, 1.54) is 0 Å². The Morgan fingerprint density at radius 1 is 0.783 bits per heavy atom. The number of aryl methyl sites for hydroxylation is 2. The van der Waals surface area contributed by atoms with E-state index in [4.69, 9.17) is 4.74 Å². The molecule has 0 bridgehead atoms. The Bertz CT molecular complexity index is 1720. The van der Waals surface area contributed by atoms with Crippen LogP contribution in [0.5, 0.6) is 0 Å². The number of aliphatic hydroxyl groups is 1. The molecule has 46 heavy (non-hydrogen) atoms. The van der Waals surface area contributed by atoms with Gasteiger partial charge in [0.25, 0.3) is 5.91 Å². The molecule has 236 valence electrons. The fraction of sp³-hybridized carbons (Fsp3) is 0.342. The van der Waals surface area contributed by atoms with Crippen LogP contribution in [0.4, 0.5) is 11.4 Å². The molecule has 2 saturated heterocycles. The van der Waals surface area contributed by atoms with E-state index in [1.807, 2.05) is 124 Å². The zero-order valence-electron chi connectivity index (χ0n) is 26.4. The summed E-state index contributed by atoms with van der Waals surface area (Å²) in [6.45, 7) is 6.05. The zero-order chi connectivity index (χ0) is 32.2. The molecule has 8 nitrogen and oxygen atoms in total. The number of anilines is 2. The minimum Gasteiger partial charge on any atom is -0.394 e. The van der Waals surface area contributed by atoms with Gasteiger partial charge in [0.1, 0.15) is 11.6 Å². The molecule has 7 rings (SSSR count). The number of carbonyl (C=O) groups is 3. The lowest BCUT2D eigenvalue weighted by atomic mass is 9.74. The average Bonchev–Trinajstić information content (AvgIpc) is 3.33. The number of likely N-dealkylation sites (tertiary alicyclic amines) is 1. The molecule has 2 fully saturated rings. The Morgan fingerprint density at radius 3 is 2.09 bits per heavy atom. The van der Waals surface area contributed by atoms with E-state index in [0.29, 0.717) is 13.0 Å². The topological polar surface area (TPSA) is 90.4 Å². The van der Waals surface area contributed by atoms with Gasteiger partial charge < -0.3 is 24.5 Å². The molecule has 0 aliphatic carbocycles. The summed E-state index contributed by atoms with van der Waals surface area (Å²) in [4.78, 5) is 49.7. The second-order valence-electron chi connectivity index (χ2n) is 13.0. The lowest BCUT2D eigenvalue weighted by Crippen LogP contribution is -2.59. The second-order valence-corrected chi connectivity index (χ2v) is 13.0. The number of ether oxygens (including phenoxy) is 1. The summed E-state index contributed by atoms with van der Waals surface area (Å²) in [5.41, 5.74) is 1.76. The van der Waals surface area contributed by atoms with Gasteiger partial charge in [0.2, 0.25) is 11.8 Å². The van der Waals surface area contributed by atoms with Crippen molar-refractivity contribution in [2.24, 2.45) is 11.8 Å². The number of carbonyl (C=O) groups excluding carboxylic acids is 3. The number of nitrogens with zero attached hydrogens (tertiary/aromatic N) is 3. The first-order valence-electron chi connectivity index (χ1n) is 16.0. The van der Waals surface area contributed by atoms with Gasteiger partial charge in [-0.2, -0.15) is 0 Å². The molecular weight excluding hydrogens is 578 g/mol. The Balaban J connectivity index is 1.39. The van der Waals surface area contributed by atoms with Crippen LogP contribution in [-0.2, 0) is 25.5 Å². The third kappa shape index (κ3) is 4.54. The van der Waals surface area contributed by atoms with Crippen molar-refractivity contribution in [2.45, 2.75) is 50.5 Å². The minimum atomic E-state index is -1.43. The van der Waals surface area contributed by atoms with Crippen LogP contribution in [0.2, 0.25) is 0 Å². The maximum atomic E-state index is 15.1. The van der Waals surface area contributed by atoms with Crippen LogP contribution in [0.1, 0.15) is 23.6 Å². The van der Waals surface area contributed by atoms with Crippen LogP contribution < -0.4 is 9.80 Å². The third-order valence-electron chi connectivity index (χ3n) is 10.2. The second kappa shape index (κ2) is 11.4. The molecule has 4 heterocycles. The van der Waals surface area contributed by atoms with E-state index in [9.17, 15) is 9.90 Å². The van der Waals surface area contributed by atoms with Gasteiger partial charge in [0.05, 0.1) is 30.1 Å². The highest BCUT2D eigenvalue weighted by Crippen LogP contribution is 2.58. The number of para-hydroxylation sites is 2. The normalized spacial score (nSPS) is 29.3. The number of hydrogen-bond acceptors (Lipinski definition) is 5. The van der Waals surface area contributed by atoms with Crippen molar-refractivity contribution in [1.29, 1.82) is 0 Å². The summed E-state index contributed by atoms with van der Waals surface area (Å²) in [5, 5.41) is 10.9. The molecule has 1 unspecified atom stereocenters. The maximum Gasteiger partial charge on any atom is 0.253 e. The van der Waals surface area contributed by atoms with Crippen LogP contribution in [0, 0.1) is 25.7 Å². The first-order valence-corrected chi connectivity index (χ1v) is 16.0. The Hall–Kier alpha value is -4.53. The zero-order valence-corrected chi connectivity index (χ0v) is 26.4. The Morgan fingerprint density at radius 2 is 1.41 bits per heavy atom. The summed E-state index contributed by atoms with van der Waals surface area (Å²) in [7, 11) is 0. The largest absolute Gasteiger partial charge is 0.394 e. The standard InChI is InChI=1S/C38H39N3O5/c1-25-13-10-14-26(2)32(25)40-22-12-20-38-31(30-34(43)39(28-17-8-5-9-18-28)21-11-19-37(30,3)46-38)35(44)41(33(38)36(40)45)29(24-42)23-27-15-6-4-7-16-27/h4-20,29-31,33,42H,21-24H2,1-3H3/t29-,30-,31+,33?,37+,38+/m1/s1. The molecule has 8 heteroatoms. The summed E-state index contributed by atoms with van der Waals surface area (Å²) >= 11 is 0. The monoisotopic (exact) mass is 617 g/mol. The Kier molecular flexibility index (Phi) is 7.45. The summed E-state index contributed by atoms with van der Waals surface area (Å²) in [6.07, 6.45) is 7.90. The Labute approximate surface area is 269 Å². The third-order valence-corrected chi connectivity index (χ3v) is 10.2. The highest BCUT2D eigenvalue weighted by Gasteiger charge is 2.75. The van der Waals surface area contributed by atoms with Crippen molar-refractivity contribution >= 4 is 29.1 Å². The predicted molar refractivity (Wildman–Crippen MR) is 176 cm³/mol. The van der Waals surface area contributed by atoms with Crippen molar-refractivity contribution in [1.82, 2.24) is 4.90 Å². The molecule has 4 aliphatic heterocycles. The SMILES string of the molecule is Cc1cccc(C)c1N1CC=C[C@]23O[C@@]4(C)C=CCN(c5ccccc5)C(=O)[C@H]4[C@H]2C(=O)N([C@@H](CO)Cc2ccccc2)C3C1=O. The molecule has 4 aliphatic rings. The highest BCUT2D eigenvalue weighted by molar-refractivity contribution is 6.08. The van der Waals surface area contributed by atoms with E-state index in [2.05, 4.69) is 0 Å². The minimum absolute atomic E-state index is 0.227. The van der Waals surface area contributed by atoms with Crippen LogP contribution in [0.15, 0.2) is 103 Å². The van der Waals surface area contributed by atoms with E-state index < -0.39 is 35.1 Å². The fourth-order valence-corrected chi connectivity index (χ4v) is 8.26. The molecular formula is C38H39N3O5. The van der Waals surface area contributed by atoms with Crippen LogP contribution >= 0.6 is 0 Å². The number of benzene rings is 3. The fourth-order valence-electron chi connectivity index (χ4n) is 8.26. The predicted octanol–water partition coefficient (Wildman–Crippen LogP) is 4.38. The lowest BCUT2D eigenvalue weighted by molar-refractivity contribution is -0.148. The first kappa shape index (κ1) is 30.1. The van der Waals surface area contributed by atoms with E-state index in [0.717, 1.165) is 28.1 Å². The van der Waals surface area contributed by atoms with Gasteiger partial charge >= 0.3 is 0 Å².